The molecule has 5 nitrogen and oxygen atoms in total. The second-order valence-corrected chi connectivity index (χ2v) is 4.75. The first-order valence-corrected chi connectivity index (χ1v) is 6.50. The monoisotopic (exact) mass is 281 g/mol. The fourth-order valence-corrected chi connectivity index (χ4v) is 1.91. The largest absolute Gasteiger partial charge is 0.399 e. The summed E-state index contributed by atoms with van der Waals surface area (Å²) in [5, 5.41) is 0. The summed E-state index contributed by atoms with van der Waals surface area (Å²) >= 11 is 0. The lowest BCUT2D eigenvalue weighted by atomic mass is 10.1. The van der Waals surface area contributed by atoms with Crippen molar-refractivity contribution in [2.24, 2.45) is 5.73 Å². The summed E-state index contributed by atoms with van der Waals surface area (Å²) in [6.45, 7) is 3.61. The number of aryl methyl sites for hydroxylation is 1. The van der Waals surface area contributed by atoms with Crippen molar-refractivity contribution in [1.82, 2.24) is 4.90 Å². The van der Waals surface area contributed by atoms with Crippen LogP contribution >= 0.6 is 0 Å². The Morgan fingerprint density at radius 2 is 2.00 bits per heavy atom. The molecule has 6 heteroatoms. The van der Waals surface area contributed by atoms with Gasteiger partial charge in [0.15, 0.2) is 0 Å². The Bertz CT molecular complexity index is 517. The highest BCUT2D eigenvalue weighted by Crippen LogP contribution is 2.19. The Balaban J connectivity index is 3.07. The van der Waals surface area contributed by atoms with Crippen LogP contribution < -0.4 is 11.5 Å². The second kappa shape index (κ2) is 6.88. The molecule has 0 saturated carbocycles. The molecule has 0 aliphatic rings. The molecule has 1 aromatic rings. The third kappa shape index (κ3) is 3.94. The van der Waals surface area contributed by atoms with E-state index >= 15 is 0 Å². The molecule has 0 heterocycles. The maximum Gasteiger partial charge on any atom is 0.257 e. The highest BCUT2D eigenvalue weighted by atomic mass is 19.1. The van der Waals surface area contributed by atoms with Gasteiger partial charge < -0.3 is 16.4 Å². The molecule has 0 bridgehead atoms. The van der Waals surface area contributed by atoms with Crippen LogP contribution in [-0.2, 0) is 4.79 Å². The van der Waals surface area contributed by atoms with Gasteiger partial charge in [-0.25, -0.2) is 4.39 Å². The van der Waals surface area contributed by atoms with Gasteiger partial charge >= 0.3 is 0 Å². The van der Waals surface area contributed by atoms with Gasteiger partial charge in [0.1, 0.15) is 5.82 Å². The molecule has 0 unspecified atom stereocenters. The standard InChI is InChI=1S/C14H20FN3O2/c1-3-4-5-18(8-12(17)19)14(20)11-7-10(16)6-9(2)13(11)15/h6-7H,3-5,8,16H2,1-2H3,(H2,17,19). The number of hydrogen-bond donors (Lipinski definition) is 2. The van der Waals surface area contributed by atoms with Crippen LogP contribution in [0.15, 0.2) is 12.1 Å². The first kappa shape index (κ1) is 15.9. The first-order valence-electron chi connectivity index (χ1n) is 6.50. The average Bonchev–Trinajstić information content (AvgIpc) is 2.37. The van der Waals surface area contributed by atoms with Crippen molar-refractivity contribution < 1.29 is 14.0 Å². The Morgan fingerprint density at radius 3 is 2.55 bits per heavy atom. The second-order valence-electron chi connectivity index (χ2n) is 4.75. The van der Waals surface area contributed by atoms with Crippen LogP contribution in [0.5, 0.6) is 0 Å². The van der Waals surface area contributed by atoms with Gasteiger partial charge in [0.25, 0.3) is 5.91 Å². The van der Waals surface area contributed by atoms with Crippen LogP contribution in [-0.4, -0.2) is 29.8 Å². The van der Waals surface area contributed by atoms with E-state index in [4.69, 9.17) is 11.5 Å². The third-order valence-electron chi connectivity index (χ3n) is 2.92. The SMILES string of the molecule is CCCCN(CC(N)=O)C(=O)c1cc(N)cc(C)c1F. The third-order valence-corrected chi connectivity index (χ3v) is 2.92. The number of rotatable bonds is 6. The van der Waals surface area contributed by atoms with E-state index in [-0.39, 0.29) is 12.1 Å². The normalized spacial score (nSPS) is 10.3. The molecule has 1 aromatic carbocycles. The fourth-order valence-electron chi connectivity index (χ4n) is 1.91. The van der Waals surface area contributed by atoms with Gasteiger partial charge in [0, 0.05) is 12.2 Å². The number of nitrogens with zero attached hydrogens (tertiary/aromatic N) is 1. The zero-order valence-electron chi connectivity index (χ0n) is 11.8. The van der Waals surface area contributed by atoms with Gasteiger partial charge in [-0.15, -0.1) is 0 Å². The Hall–Kier alpha value is -2.11. The van der Waals surface area contributed by atoms with Gasteiger partial charge in [0.05, 0.1) is 12.1 Å². The molecule has 0 radical (unpaired) electrons. The van der Waals surface area contributed by atoms with E-state index in [9.17, 15) is 14.0 Å². The van der Waals surface area contributed by atoms with Crippen molar-refractivity contribution in [3.8, 4) is 0 Å². The lowest BCUT2D eigenvalue weighted by molar-refractivity contribution is -0.118. The molecule has 0 aliphatic carbocycles. The smallest absolute Gasteiger partial charge is 0.257 e. The van der Waals surface area contributed by atoms with Crippen molar-refractivity contribution in [2.45, 2.75) is 26.7 Å². The van der Waals surface area contributed by atoms with Crippen LogP contribution in [0.2, 0.25) is 0 Å². The summed E-state index contributed by atoms with van der Waals surface area (Å²) in [6.07, 6.45) is 1.56. The number of carbonyl (C=O) groups is 2. The molecule has 0 fully saturated rings. The molecule has 110 valence electrons. The Labute approximate surface area is 117 Å². The Kier molecular flexibility index (Phi) is 5.49. The van der Waals surface area contributed by atoms with E-state index in [1.54, 1.807) is 0 Å². The predicted molar refractivity (Wildman–Crippen MR) is 75.6 cm³/mol. The number of carbonyl (C=O) groups excluding carboxylic acids is 2. The molecule has 0 aliphatic heterocycles. The molecule has 2 amide bonds. The van der Waals surface area contributed by atoms with Crippen molar-refractivity contribution >= 4 is 17.5 Å². The fraction of sp³-hybridized carbons (Fsp3) is 0.429. The van der Waals surface area contributed by atoms with Gasteiger partial charge in [-0.1, -0.05) is 13.3 Å². The van der Waals surface area contributed by atoms with Crippen LogP contribution in [0.4, 0.5) is 10.1 Å². The van der Waals surface area contributed by atoms with Crippen LogP contribution in [0.1, 0.15) is 35.7 Å². The quantitative estimate of drug-likeness (QED) is 0.773. The van der Waals surface area contributed by atoms with E-state index < -0.39 is 17.6 Å². The summed E-state index contributed by atoms with van der Waals surface area (Å²) in [5.41, 5.74) is 11.2. The van der Waals surface area contributed by atoms with E-state index in [2.05, 4.69) is 0 Å². The number of nitrogen functional groups attached to an aromatic ring is 1. The van der Waals surface area contributed by atoms with E-state index in [1.807, 2.05) is 6.92 Å². The maximum atomic E-state index is 14.0. The number of hydrogen-bond acceptors (Lipinski definition) is 3. The zero-order chi connectivity index (χ0) is 15.3. The number of halogens is 1. The first-order chi connectivity index (χ1) is 9.36. The lowest BCUT2D eigenvalue weighted by Crippen LogP contribution is -2.39. The highest BCUT2D eigenvalue weighted by molar-refractivity contribution is 5.97. The average molecular weight is 281 g/mol. The van der Waals surface area contributed by atoms with Gasteiger partial charge in [-0.2, -0.15) is 0 Å². The van der Waals surface area contributed by atoms with Gasteiger partial charge in [0.2, 0.25) is 5.91 Å². The van der Waals surface area contributed by atoms with Crippen molar-refractivity contribution in [3.05, 3.63) is 29.1 Å². The van der Waals surface area contributed by atoms with Crippen molar-refractivity contribution in [1.29, 1.82) is 0 Å². The minimum atomic E-state index is -0.629. The van der Waals surface area contributed by atoms with Gasteiger partial charge in [-0.3, -0.25) is 9.59 Å². The summed E-state index contributed by atoms with van der Waals surface area (Å²) in [5.74, 6) is -1.81. The lowest BCUT2D eigenvalue weighted by Gasteiger charge is -2.21. The number of amides is 2. The molecule has 1 rings (SSSR count). The highest BCUT2D eigenvalue weighted by Gasteiger charge is 2.21. The van der Waals surface area contributed by atoms with Gasteiger partial charge in [-0.05, 0) is 31.0 Å². The molecule has 0 spiro atoms. The van der Waals surface area contributed by atoms with E-state index in [0.29, 0.717) is 24.2 Å². The molecule has 4 N–H and O–H groups in total. The topological polar surface area (TPSA) is 89.4 Å². The maximum absolute atomic E-state index is 14.0. The van der Waals surface area contributed by atoms with Crippen LogP contribution in [0, 0.1) is 12.7 Å². The van der Waals surface area contributed by atoms with Crippen molar-refractivity contribution in [2.75, 3.05) is 18.8 Å². The van der Waals surface area contributed by atoms with Crippen molar-refractivity contribution in [3.63, 3.8) is 0 Å². The summed E-state index contributed by atoms with van der Waals surface area (Å²) in [6, 6.07) is 2.74. The molecule has 0 aromatic heterocycles. The molecular weight excluding hydrogens is 261 g/mol. The number of anilines is 1. The zero-order valence-corrected chi connectivity index (χ0v) is 11.8. The van der Waals surface area contributed by atoms with E-state index in [1.165, 1.54) is 24.0 Å². The Morgan fingerprint density at radius 1 is 1.35 bits per heavy atom. The molecule has 20 heavy (non-hydrogen) atoms. The summed E-state index contributed by atoms with van der Waals surface area (Å²) < 4.78 is 14.0. The minimum absolute atomic E-state index is 0.125. The number of nitrogens with two attached hydrogens (primary N) is 2. The number of unbranched alkanes of at least 4 members (excludes halogenated alkanes) is 1. The summed E-state index contributed by atoms with van der Waals surface area (Å²) in [7, 11) is 0. The number of benzene rings is 1. The molecule has 0 saturated heterocycles. The summed E-state index contributed by atoms with van der Waals surface area (Å²) in [4.78, 5) is 24.6. The minimum Gasteiger partial charge on any atom is -0.399 e. The number of primary amides is 1. The van der Waals surface area contributed by atoms with Crippen LogP contribution in [0.3, 0.4) is 0 Å². The molecular formula is C14H20FN3O2. The molecule has 0 atom stereocenters. The predicted octanol–water partition coefficient (Wildman–Crippen LogP) is 1.44. The van der Waals surface area contributed by atoms with E-state index in [0.717, 1.165) is 6.42 Å². The van der Waals surface area contributed by atoms with Crippen LogP contribution in [0.25, 0.3) is 0 Å².